The van der Waals surface area contributed by atoms with Crippen LogP contribution in [0, 0.1) is 35.5 Å². The number of aliphatic carboxylic acids is 1. The van der Waals surface area contributed by atoms with Gasteiger partial charge in [-0.25, -0.2) is 0 Å². The van der Waals surface area contributed by atoms with Gasteiger partial charge in [-0.2, -0.15) is 0 Å². The van der Waals surface area contributed by atoms with E-state index >= 15 is 0 Å². The van der Waals surface area contributed by atoms with Crippen LogP contribution in [0.3, 0.4) is 0 Å². The first-order chi connectivity index (χ1) is 19.5. The molecule has 4 heteroatoms. The van der Waals surface area contributed by atoms with Crippen LogP contribution >= 0.6 is 0 Å². The SMILES string of the molecule is CC(O)C(C(=O)O)C1C(CCN)C(CCCC=CCCC2CCCCC2)C=CC1C1(c2ccccc2)CCCC1. The Bertz CT molecular complexity index is 942. The second-order valence-corrected chi connectivity index (χ2v) is 13.2. The number of carbonyl (C=O) groups is 1. The van der Waals surface area contributed by atoms with Gasteiger partial charge in [-0.05, 0) is 100.0 Å². The lowest BCUT2D eigenvalue weighted by Gasteiger charge is -2.50. The third-order valence-electron chi connectivity index (χ3n) is 10.8. The molecule has 0 aliphatic heterocycles. The van der Waals surface area contributed by atoms with Crippen LogP contribution in [0.5, 0.6) is 0 Å². The summed E-state index contributed by atoms with van der Waals surface area (Å²) >= 11 is 0. The molecule has 2 fully saturated rings. The number of hydrogen-bond acceptors (Lipinski definition) is 3. The van der Waals surface area contributed by atoms with E-state index in [0.717, 1.165) is 57.3 Å². The number of allylic oxidation sites excluding steroid dienone is 4. The molecular formula is C36H55NO3. The molecule has 4 N–H and O–H groups in total. The lowest BCUT2D eigenvalue weighted by atomic mass is 9.53. The quantitative estimate of drug-likeness (QED) is 0.162. The highest BCUT2D eigenvalue weighted by Gasteiger charge is 2.53. The van der Waals surface area contributed by atoms with Crippen LogP contribution in [0.1, 0.15) is 109 Å². The van der Waals surface area contributed by atoms with Crippen molar-refractivity contribution in [2.24, 2.45) is 41.2 Å². The fourth-order valence-corrected chi connectivity index (χ4v) is 8.83. The molecule has 2 saturated carbocycles. The Kier molecular flexibility index (Phi) is 11.9. The van der Waals surface area contributed by atoms with Crippen molar-refractivity contribution in [3.8, 4) is 0 Å². The summed E-state index contributed by atoms with van der Waals surface area (Å²) in [5.41, 5.74) is 7.45. The summed E-state index contributed by atoms with van der Waals surface area (Å²) in [4.78, 5) is 12.7. The third-order valence-corrected chi connectivity index (χ3v) is 10.8. The van der Waals surface area contributed by atoms with E-state index in [1.165, 1.54) is 50.5 Å². The molecule has 222 valence electrons. The monoisotopic (exact) mass is 549 g/mol. The van der Waals surface area contributed by atoms with Crippen molar-refractivity contribution in [1.82, 2.24) is 0 Å². The summed E-state index contributed by atoms with van der Waals surface area (Å²) in [6, 6.07) is 10.8. The standard InChI is InChI=1S/C36H55NO3/c1-27(38)33(35(39)40)34-31(23-26-37)29(18-10-4-2-3-7-15-28-16-8-5-9-17-28)21-22-32(34)36(24-13-14-25-36)30-19-11-6-12-20-30/h2-3,6,11-12,19-22,27-29,31-34,38H,4-5,7-10,13-18,23-26,37H2,1H3,(H,39,40). The number of benzene rings is 1. The van der Waals surface area contributed by atoms with Crippen LogP contribution in [0.2, 0.25) is 0 Å². The third kappa shape index (κ3) is 7.48. The molecule has 1 aromatic rings. The van der Waals surface area contributed by atoms with Crippen LogP contribution in [0.4, 0.5) is 0 Å². The number of unbranched alkanes of at least 4 members (excludes halogenated alkanes) is 1. The van der Waals surface area contributed by atoms with Gasteiger partial charge in [0.2, 0.25) is 0 Å². The number of nitrogens with two attached hydrogens (primary N) is 1. The minimum absolute atomic E-state index is 0.0795. The first-order valence-corrected chi connectivity index (χ1v) is 16.5. The van der Waals surface area contributed by atoms with E-state index in [4.69, 9.17) is 5.73 Å². The summed E-state index contributed by atoms with van der Waals surface area (Å²) in [5.74, 6) is -0.329. The highest BCUT2D eigenvalue weighted by atomic mass is 16.4. The number of rotatable bonds is 14. The number of aliphatic hydroxyl groups excluding tert-OH is 1. The first kappa shape index (κ1) is 31.0. The smallest absolute Gasteiger partial charge is 0.309 e. The predicted molar refractivity (Wildman–Crippen MR) is 165 cm³/mol. The fraction of sp³-hybridized carbons (Fsp3) is 0.694. The van der Waals surface area contributed by atoms with Crippen molar-refractivity contribution >= 4 is 5.97 Å². The van der Waals surface area contributed by atoms with E-state index in [1.54, 1.807) is 6.92 Å². The zero-order chi connectivity index (χ0) is 28.4. The minimum atomic E-state index is -0.904. The Morgan fingerprint density at radius 3 is 2.33 bits per heavy atom. The maximum absolute atomic E-state index is 12.7. The summed E-state index contributed by atoms with van der Waals surface area (Å²) < 4.78 is 0. The van der Waals surface area contributed by atoms with Crippen molar-refractivity contribution in [1.29, 1.82) is 0 Å². The maximum atomic E-state index is 12.7. The molecule has 0 spiro atoms. The van der Waals surface area contributed by atoms with Crippen molar-refractivity contribution in [3.63, 3.8) is 0 Å². The maximum Gasteiger partial charge on any atom is 0.309 e. The molecular weight excluding hydrogens is 494 g/mol. The van der Waals surface area contributed by atoms with Crippen molar-refractivity contribution < 1.29 is 15.0 Å². The summed E-state index contributed by atoms with van der Waals surface area (Å²) in [6.45, 7) is 2.22. The largest absolute Gasteiger partial charge is 0.481 e. The lowest BCUT2D eigenvalue weighted by Crippen LogP contribution is -2.50. The van der Waals surface area contributed by atoms with E-state index < -0.39 is 18.0 Å². The first-order valence-electron chi connectivity index (χ1n) is 16.5. The molecule has 3 aliphatic rings. The summed E-state index contributed by atoms with van der Waals surface area (Å²) in [5, 5.41) is 21.3. The number of aliphatic hydroxyl groups is 1. The van der Waals surface area contributed by atoms with E-state index in [9.17, 15) is 15.0 Å². The Morgan fingerprint density at radius 2 is 1.68 bits per heavy atom. The lowest BCUT2D eigenvalue weighted by molar-refractivity contribution is -0.152. The second-order valence-electron chi connectivity index (χ2n) is 13.2. The highest BCUT2D eigenvalue weighted by Crippen LogP contribution is 2.56. The van der Waals surface area contributed by atoms with Crippen LogP contribution in [0.15, 0.2) is 54.6 Å². The Balaban J connectivity index is 1.51. The molecule has 6 atom stereocenters. The molecule has 0 radical (unpaired) electrons. The molecule has 4 rings (SSSR count). The van der Waals surface area contributed by atoms with Crippen LogP contribution in [0.25, 0.3) is 0 Å². The normalized spacial score (nSPS) is 28.6. The average Bonchev–Trinajstić information content (AvgIpc) is 3.46. The van der Waals surface area contributed by atoms with Crippen molar-refractivity contribution in [3.05, 3.63) is 60.2 Å². The number of hydrogen-bond donors (Lipinski definition) is 3. The average molecular weight is 550 g/mol. The Labute approximate surface area is 243 Å². The van der Waals surface area contributed by atoms with Crippen molar-refractivity contribution in [2.75, 3.05) is 6.54 Å². The second kappa shape index (κ2) is 15.4. The van der Waals surface area contributed by atoms with Gasteiger partial charge >= 0.3 is 5.97 Å². The van der Waals surface area contributed by atoms with Crippen molar-refractivity contribution in [2.45, 2.75) is 115 Å². The topological polar surface area (TPSA) is 83.5 Å². The molecule has 1 aromatic carbocycles. The Morgan fingerprint density at radius 1 is 0.975 bits per heavy atom. The molecule has 0 heterocycles. The fourth-order valence-electron chi connectivity index (χ4n) is 8.83. The van der Waals surface area contributed by atoms with Crippen LogP contribution in [-0.2, 0) is 10.2 Å². The molecule has 6 unspecified atom stereocenters. The zero-order valence-corrected chi connectivity index (χ0v) is 24.9. The van der Waals surface area contributed by atoms with E-state index in [2.05, 4.69) is 54.6 Å². The molecule has 40 heavy (non-hydrogen) atoms. The zero-order valence-electron chi connectivity index (χ0n) is 24.9. The van der Waals surface area contributed by atoms with Gasteiger partial charge in [0.05, 0.1) is 12.0 Å². The van der Waals surface area contributed by atoms with Gasteiger partial charge < -0.3 is 15.9 Å². The van der Waals surface area contributed by atoms with Crippen LogP contribution < -0.4 is 5.73 Å². The summed E-state index contributed by atoms with van der Waals surface area (Å²) in [7, 11) is 0. The van der Waals surface area contributed by atoms with Gasteiger partial charge in [0.25, 0.3) is 0 Å². The van der Waals surface area contributed by atoms with E-state index in [1.807, 2.05) is 0 Å². The van der Waals surface area contributed by atoms with Gasteiger partial charge in [0.1, 0.15) is 0 Å². The van der Waals surface area contributed by atoms with Crippen LogP contribution in [-0.4, -0.2) is 28.8 Å². The Hall–Kier alpha value is -1.91. The molecule has 0 saturated heterocycles. The highest BCUT2D eigenvalue weighted by molar-refractivity contribution is 5.71. The molecule has 0 aromatic heterocycles. The minimum Gasteiger partial charge on any atom is -0.481 e. The van der Waals surface area contributed by atoms with Gasteiger partial charge in [-0.3, -0.25) is 4.79 Å². The molecule has 0 bridgehead atoms. The van der Waals surface area contributed by atoms with E-state index in [0.29, 0.717) is 12.5 Å². The van der Waals surface area contributed by atoms with Gasteiger partial charge in [-0.15, -0.1) is 0 Å². The predicted octanol–water partition coefficient (Wildman–Crippen LogP) is 8.05. The van der Waals surface area contributed by atoms with Gasteiger partial charge in [0, 0.05) is 5.41 Å². The van der Waals surface area contributed by atoms with E-state index in [-0.39, 0.29) is 23.2 Å². The molecule has 3 aliphatic carbocycles. The summed E-state index contributed by atoms with van der Waals surface area (Å²) in [6.07, 6.45) is 26.8. The number of carboxylic acid groups (broad SMARTS) is 1. The molecule has 4 nitrogen and oxygen atoms in total. The van der Waals surface area contributed by atoms with Gasteiger partial charge in [-0.1, -0.05) is 99.6 Å². The van der Waals surface area contributed by atoms with Gasteiger partial charge in [0.15, 0.2) is 0 Å². The molecule has 0 amide bonds. The number of carboxylic acids is 1.